The van der Waals surface area contributed by atoms with Crippen LogP contribution in [0.2, 0.25) is 5.02 Å². The van der Waals surface area contributed by atoms with Crippen molar-refractivity contribution in [2.75, 3.05) is 6.54 Å². The number of imide groups is 1. The van der Waals surface area contributed by atoms with Gasteiger partial charge in [0.2, 0.25) is 0 Å². The van der Waals surface area contributed by atoms with Gasteiger partial charge in [-0.2, -0.15) is 0 Å². The summed E-state index contributed by atoms with van der Waals surface area (Å²) in [5.74, 6) is -0.307. The number of hydrogen-bond donors (Lipinski definition) is 0. The molecule has 1 aliphatic rings. The van der Waals surface area contributed by atoms with Crippen molar-refractivity contribution in [2.45, 2.75) is 6.54 Å². The van der Waals surface area contributed by atoms with Gasteiger partial charge >= 0.3 is 0 Å². The molecular weight excluding hydrogens is 326 g/mol. The summed E-state index contributed by atoms with van der Waals surface area (Å²) in [4.78, 5) is 25.8. The molecule has 1 saturated heterocycles. The highest BCUT2D eigenvalue weighted by atomic mass is 35.5. The highest BCUT2D eigenvalue weighted by Gasteiger charge is 2.34. The van der Waals surface area contributed by atoms with Crippen LogP contribution in [0.5, 0.6) is 0 Å². The molecule has 0 atom stereocenters. The normalized spacial score (nSPS) is 16.8. The van der Waals surface area contributed by atoms with Crippen molar-refractivity contribution in [2.24, 2.45) is 0 Å². The van der Waals surface area contributed by atoms with Crippen LogP contribution in [-0.2, 0) is 11.3 Å². The van der Waals surface area contributed by atoms with Crippen molar-refractivity contribution in [1.82, 2.24) is 25.1 Å². The van der Waals surface area contributed by atoms with Gasteiger partial charge in [0.1, 0.15) is 6.33 Å². The first-order valence-corrected chi connectivity index (χ1v) is 7.54. The predicted octanol–water partition coefficient (Wildman–Crippen LogP) is 2.06. The van der Waals surface area contributed by atoms with E-state index in [1.165, 1.54) is 15.9 Å². The van der Waals surface area contributed by atoms with Gasteiger partial charge in [0.05, 0.1) is 11.4 Å². The van der Waals surface area contributed by atoms with Gasteiger partial charge in [-0.3, -0.25) is 14.5 Å². The molecule has 1 fully saturated rings. The van der Waals surface area contributed by atoms with Crippen LogP contribution in [0.3, 0.4) is 0 Å². The van der Waals surface area contributed by atoms with Gasteiger partial charge in [0, 0.05) is 11.6 Å². The predicted molar refractivity (Wildman–Crippen MR) is 81.9 cm³/mol. The Kier molecular flexibility index (Phi) is 4.21. The molecule has 0 radical (unpaired) electrons. The Balaban J connectivity index is 1.72. The van der Waals surface area contributed by atoms with Gasteiger partial charge < -0.3 is 0 Å². The fourth-order valence-electron chi connectivity index (χ4n) is 1.89. The number of nitrogens with zero attached hydrogens (tertiary/aromatic N) is 5. The lowest BCUT2D eigenvalue weighted by molar-refractivity contribution is -0.122. The van der Waals surface area contributed by atoms with Crippen LogP contribution in [0.25, 0.3) is 6.08 Å². The molecule has 1 aliphatic heterocycles. The third-order valence-corrected chi connectivity index (χ3v) is 4.14. The maximum atomic E-state index is 12.3. The third kappa shape index (κ3) is 3.18. The molecule has 1 aromatic carbocycles. The topological polar surface area (TPSA) is 81.0 Å². The van der Waals surface area contributed by atoms with Crippen LogP contribution < -0.4 is 0 Å². The van der Waals surface area contributed by atoms with Gasteiger partial charge in [0.15, 0.2) is 0 Å². The van der Waals surface area contributed by atoms with Crippen LogP contribution in [0, 0.1) is 0 Å². The minimum Gasteiger partial charge on any atom is -0.268 e. The van der Waals surface area contributed by atoms with Crippen molar-refractivity contribution in [3.8, 4) is 0 Å². The standard InChI is InChI=1S/C13H10ClN5O2S/c14-10-3-1-9(2-4-10)7-11-12(20)19(13(21)22-11)6-5-18-8-15-16-17-18/h1-4,7-8H,5-6H2. The number of rotatable bonds is 4. The van der Waals surface area contributed by atoms with E-state index in [9.17, 15) is 9.59 Å². The highest BCUT2D eigenvalue weighted by Crippen LogP contribution is 2.32. The summed E-state index contributed by atoms with van der Waals surface area (Å²) in [6.07, 6.45) is 3.11. The smallest absolute Gasteiger partial charge is 0.268 e. The Morgan fingerprint density at radius 3 is 2.64 bits per heavy atom. The average molecular weight is 336 g/mol. The summed E-state index contributed by atoms with van der Waals surface area (Å²) in [5, 5.41) is 11.0. The van der Waals surface area contributed by atoms with Crippen molar-refractivity contribution in [3.05, 3.63) is 46.1 Å². The molecule has 0 aliphatic carbocycles. The van der Waals surface area contributed by atoms with Crippen LogP contribution in [-0.4, -0.2) is 42.8 Å². The zero-order valence-electron chi connectivity index (χ0n) is 11.2. The number of carbonyl (C=O) groups is 2. The summed E-state index contributed by atoms with van der Waals surface area (Å²) >= 11 is 6.74. The van der Waals surface area contributed by atoms with Crippen LogP contribution in [0.1, 0.15) is 5.56 Å². The number of benzene rings is 1. The zero-order chi connectivity index (χ0) is 15.5. The van der Waals surface area contributed by atoms with E-state index in [2.05, 4.69) is 15.5 Å². The molecule has 2 amide bonds. The van der Waals surface area contributed by atoms with E-state index < -0.39 is 0 Å². The van der Waals surface area contributed by atoms with Crippen LogP contribution in [0.15, 0.2) is 35.5 Å². The average Bonchev–Trinajstić information content (AvgIpc) is 3.10. The maximum absolute atomic E-state index is 12.3. The number of hydrogen-bond acceptors (Lipinski definition) is 6. The monoisotopic (exact) mass is 335 g/mol. The Morgan fingerprint density at radius 1 is 1.18 bits per heavy atom. The van der Waals surface area contributed by atoms with E-state index in [4.69, 9.17) is 11.6 Å². The Labute approximate surface area is 134 Å². The van der Waals surface area contributed by atoms with Crippen LogP contribution >= 0.6 is 23.4 Å². The minimum absolute atomic E-state index is 0.230. The van der Waals surface area contributed by atoms with E-state index >= 15 is 0 Å². The molecule has 0 unspecified atom stereocenters. The first-order valence-electron chi connectivity index (χ1n) is 6.35. The quantitative estimate of drug-likeness (QED) is 0.795. The summed E-state index contributed by atoms with van der Waals surface area (Å²) in [5.41, 5.74) is 0.815. The fourth-order valence-corrected chi connectivity index (χ4v) is 2.88. The van der Waals surface area contributed by atoms with E-state index in [0.717, 1.165) is 17.3 Å². The molecule has 0 bridgehead atoms. The number of halogens is 1. The lowest BCUT2D eigenvalue weighted by Crippen LogP contribution is -2.31. The van der Waals surface area contributed by atoms with E-state index in [-0.39, 0.29) is 17.7 Å². The van der Waals surface area contributed by atoms with Gasteiger partial charge in [-0.15, -0.1) is 5.10 Å². The summed E-state index contributed by atoms with van der Waals surface area (Å²) in [7, 11) is 0. The van der Waals surface area contributed by atoms with E-state index in [1.807, 2.05) is 0 Å². The first-order chi connectivity index (χ1) is 10.6. The first kappa shape index (κ1) is 14.7. The SMILES string of the molecule is O=C1SC(=Cc2ccc(Cl)cc2)C(=O)N1CCn1cnnn1. The molecule has 3 rings (SSSR count). The number of carbonyl (C=O) groups excluding carboxylic acids is 2. The van der Waals surface area contributed by atoms with E-state index in [0.29, 0.717) is 16.5 Å². The molecule has 2 heterocycles. The molecule has 112 valence electrons. The number of thioether (sulfide) groups is 1. The van der Waals surface area contributed by atoms with Crippen molar-refractivity contribution in [3.63, 3.8) is 0 Å². The number of tetrazole rings is 1. The molecule has 22 heavy (non-hydrogen) atoms. The largest absolute Gasteiger partial charge is 0.293 e. The lowest BCUT2D eigenvalue weighted by Gasteiger charge is -2.11. The Morgan fingerprint density at radius 2 is 1.95 bits per heavy atom. The second-order valence-electron chi connectivity index (χ2n) is 4.46. The van der Waals surface area contributed by atoms with Gasteiger partial charge in [0.25, 0.3) is 11.1 Å². The summed E-state index contributed by atoms with van der Waals surface area (Å²) in [6, 6.07) is 7.04. The second kappa shape index (κ2) is 6.29. The molecule has 0 spiro atoms. The number of amides is 2. The zero-order valence-corrected chi connectivity index (χ0v) is 12.8. The molecular formula is C13H10ClN5O2S. The van der Waals surface area contributed by atoms with Gasteiger partial charge in [-0.05, 0) is 46.0 Å². The fraction of sp³-hybridized carbons (Fsp3) is 0.154. The maximum Gasteiger partial charge on any atom is 0.293 e. The summed E-state index contributed by atoms with van der Waals surface area (Å²) in [6.45, 7) is 0.590. The molecule has 0 N–H and O–H groups in total. The molecule has 1 aromatic heterocycles. The van der Waals surface area contributed by atoms with Crippen molar-refractivity contribution in [1.29, 1.82) is 0 Å². The van der Waals surface area contributed by atoms with Crippen molar-refractivity contribution >= 4 is 40.6 Å². The number of aromatic nitrogens is 4. The van der Waals surface area contributed by atoms with Gasteiger partial charge in [-0.25, -0.2) is 4.68 Å². The molecule has 2 aromatic rings. The van der Waals surface area contributed by atoms with Crippen molar-refractivity contribution < 1.29 is 9.59 Å². The van der Waals surface area contributed by atoms with Gasteiger partial charge in [-0.1, -0.05) is 23.7 Å². The molecule has 0 saturated carbocycles. The minimum atomic E-state index is -0.307. The van der Waals surface area contributed by atoms with Crippen LogP contribution in [0.4, 0.5) is 4.79 Å². The third-order valence-electron chi connectivity index (χ3n) is 2.99. The molecule has 7 nitrogen and oxygen atoms in total. The summed E-state index contributed by atoms with van der Waals surface area (Å²) < 4.78 is 1.46. The highest BCUT2D eigenvalue weighted by molar-refractivity contribution is 8.18. The second-order valence-corrected chi connectivity index (χ2v) is 5.89. The molecule has 9 heteroatoms. The Bertz CT molecular complexity index is 729. The van der Waals surface area contributed by atoms with E-state index in [1.54, 1.807) is 30.3 Å². The lowest BCUT2D eigenvalue weighted by atomic mass is 10.2. The Hall–Kier alpha value is -2.19.